The topological polar surface area (TPSA) is 0 Å². The van der Waals surface area contributed by atoms with E-state index in [9.17, 15) is 0 Å². The van der Waals surface area contributed by atoms with Gasteiger partial charge in [0.1, 0.15) is 0 Å². The van der Waals surface area contributed by atoms with Crippen LogP contribution in [0.2, 0.25) is 0 Å². The Morgan fingerprint density at radius 2 is 0.500 bits per heavy atom. The summed E-state index contributed by atoms with van der Waals surface area (Å²) in [5.41, 5.74) is 0. The SMILES string of the molecule is F.[B+3].[Br-].[Br-].[Br-].[Br-].[Br-].[Mg+2]. The maximum absolute atomic E-state index is 0. The first-order valence-electron chi connectivity index (χ1n) is 0. The van der Waals surface area contributed by atoms with Crippen LogP contribution in [0, 0.1) is 0 Å². The molecule has 0 radical (unpaired) electrons. The molecule has 0 N–H and O–H groups in total. The van der Waals surface area contributed by atoms with Crippen LogP contribution in [0.4, 0.5) is 4.70 Å². The van der Waals surface area contributed by atoms with Crippen molar-refractivity contribution < 1.29 is 89.6 Å². The zero-order valence-electron chi connectivity index (χ0n) is 3.58. The summed E-state index contributed by atoms with van der Waals surface area (Å²) in [6.07, 6.45) is 0. The fourth-order valence-corrected chi connectivity index (χ4v) is 0. The Morgan fingerprint density at radius 1 is 0.500 bits per heavy atom. The third-order valence-electron chi connectivity index (χ3n) is 0. The third kappa shape index (κ3) is 61.1. The second-order valence-corrected chi connectivity index (χ2v) is 0. The Kier molecular flexibility index (Phi) is 1230. The van der Waals surface area contributed by atoms with E-state index in [1.54, 1.807) is 0 Å². The summed E-state index contributed by atoms with van der Waals surface area (Å²) in [6.45, 7) is 0. The van der Waals surface area contributed by atoms with Gasteiger partial charge in [0.2, 0.25) is 0 Å². The molecule has 0 saturated heterocycles. The fourth-order valence-electron chi connectivity index (χ4n) is 0. The molecule has 8 heavy (non-hydrogen) atoms. The maximum Gasteiger partial charge on any atom is 3.00 e. The van der Waals surface area contributed by atoms with Crippen molar-refractivity contribution in [2.45, 2.75) is 0 Å². The summed E-state index contributed by atoms with van der Waals surface area (Å²) >= 11 is 0. The predicted molar refractivity (Wildman–Crippen MR) is 14.0 cm³/mol. The number of hydrogen-bond acceptors (Lipinski definition) is 0. The second kappa shape index (κ2) is 85.3. The van der Waals surface area contributed by atoms with Gasteiger partial charge in [-0.3, -0.25) is 4.70 Å². The molecule has 0 spiro atoms. The molecule has 0 fully saturated rings. The number of halogens is 6. The van der Waals surface area contributed by atoms with Gasteiger partial charge < -0.3 is 84.9 Å². The average Bonchev–Trinajstić information content (AvgIpc) is 0. The molecule has 0 bridgehead atoms. The molecule has 0 unspecified atom stereocenters. The van der Waals surface area contributed by atoms with Crippen molar-refractivity contribution in [2.24, 2.45) is 0 Å². The number of hydrogen-bond donors (Lipinski definition) is 0. The summed E-state index contributed by atoms with van der Waals surface area (Å²) < 4.78 is 0. The van der Waals surface area contributed by atoms with Crippen molar-refractivity contribution in [1.82, 2.24) is 0 Å². The minimum absolute atomic E-state index is 0. The van der Waals surface area contributed by atoms with E-state index >= 15 is 0 Å². The van der Waals surface area contributed by atoms with E-state index in [0.717, 1.165) is 0 Å². The van der Waals surface area contributed by atoms with Crippen molar-refractivity contribution in [3.05, 3.63) is 0 Å². The van der Waals surface area contributed by atoms with Crippen LogP contribution in [0.5, 0.6) is 0 Å². The first kappa shape index (κ1) is 115. The Balaban J connectivity index is 0. The average molecular weight is 455 g/mol. The molecular weight excluding hydrogens is 454 g/mol. The van der Waals surface area contributed by atoms with Crippen molar-refractivity contribution in [3.63, 3.8) is 0 Å². The molecule has 48 valence electrons. The van der Waals surface area contributed by atoms with Gasteiger partial charge in [-0.15, -0.1) is 0 Å². The molecule has 0 aliphatic rings. The largest absolute Gasteiger partial charge is 3.00 e. The fraction of sp³-hybridized carbons (Fsp3) is 0. The predicted octanol–water partition coefficient (Wildman–Crippen LogP) is -15.6. The smallest absolute Gasteiger partial charge is 1.00 e. The summed E-state index contributed by atoms with van der Waals surface area (Å²) in [5.74, 6) is 0. The van der Waals surface area contributed by atoms with E-state index in [-0.39, 0.29) is 121 Å². The van der Waals surface area contributed by atoms with Crippen LogP contribution >= 0.6 is 0 Å². The standard InChI is InChI=1S/B.5BrH.FH.Mg/h;6*1H;/q+3;;;;;;;+2/p-5. The minimum atomic E-state index is 0. The first-order valence-corrected chi connectivity index (χ1v) is 0. The van der Waals surface area contributed by atoms with Gasteiger partial charge in [-0.2, -0.15) is 0 Å². The Labute approximate surface area is 119 Å². The van der Waals surface area contributed by atoms with Gasteiger partial charge in [-0.05, 0) is 0 Å². The third-order valence-corrected chi connectivity index (χ3v) is 0. The van der Waals surface area contributed by atoms with E-state index in [1.165, 1.54) is 0 Å². The Bertz CT molecular complexity index is 12.4. The minimum Gasteiger partial charge on any atom is -1.00 e. The van der Waals surface area contributed by atoms with Crippen LogP contribution in [0.15, 0.2) is 0 Å². The maximum atomic E-state index is 0. The van der Waals surface area contributed by atoms with Crippen LogP contribution < -0.4 is 84.9 Å². The van der Waals surface area contributed by atoms with Gasteiger partial charge in [-0.1, -0.05) is 0 Å². The van der Waals surface area contributed by atoms with Gasteiger partial charge >= 0.3 is 31.5 Å². The van der Waals surface area contributed by atoms with E-state index in [4.69, 9.17) is 0 Å². The van der Waals surface area contributed by atoms with Crippen LogP contribution in [0.1, 0.15) is 0 Å². The summed E-state index contributed by atoms with van der Waals surface area (Å²) in [6, 6.07) is 0. The van der Waals surface area contributed by atoms with E-state index < -0.39 is 0 Å². The van der Waals surface area contributed by atoms with Gasteiger partial charge in [0, 0.05) is 0 Å². The summed E-state index contributed by atoms with van der Waals surface area (Å²) in [5, 5.41) is 0. The van der Waals surface area contributed by atoms with Crippen LogP contribution in [-0.2, 0) is 0 Å². The van der Waals surface area contributed by atoms with Crippen molar-refractivity contribution in [2.75, 3.05) is 0 Å². The molecule has 8 heteroatoms. The summed E-state index contributed by atoms with van der Waals surface area (Å²) in [4.78, 5) is 0. The first-order chi connectivity index (χ1) is 0. The van der Waals surface area contributed by atoms with Crippen LogP contribution in [-0.4, -0.2) is 31.5 Å². The molecular formula is HBBr5FMg. The van der Waals surface area contributed by atoms with E-state index in [2.05, 4.69) is 0 Å². The molecule has 0 aromatic carbocycles. The molecule has 0 saturated carbocycles. The molecule has 0 nitrogen and oxygen atoms in total. The van der Waals surface area contributed by atoms with Crippen molar-refractivity contribution >= 4 is 31.5 Å². The van der Waals surface area contributed by atoms with E-state index in [1.807, 2.05) is 0 Å². The van der Waals surface area contributed by atoms with Gasteiger partial charge in [0.25, 0.3) is 0 Å². The molecule has 0 rings (SSSR count). The molecule has 0 aromatic heterocycles. The second-order valence-electron chi connectivity index (χ2n) is 0. The molecule has 0 aliphatic carbocycles. The van der Waals surface area contributed by atoms with Crippen molar-refractivity contribution in [3.8, 4) is 0 Å². The Morgan fingerprint density at radius 3 is 0.500 bits per heavy atom. The normalized spacial score (nSPS) is 0. The van der Waals surface area contributed by atoms with Gasteiger partial charge in [0.05, 0.1) is 0 Å². The summed E-state index contributed by atoms with van der Waals surface area (Å²) in [7, 11) is 0. The quantitative estimate of drug-likeness (QED) is 0.319. The Hall–Kier alpha value is 3.16. The van der Waals surface area contributed by atoms with Crippen LogP contribution in [0.25, 0.3) is 0 Å². The van der Waals surface area contributed by atoms with Gasteiger partial charge in [0.15, 0.2) is 0 Å². The van der Waals surface area contributed by atoms with Gasteiger partial charge in [-0.25, -0.2) is 0 Å². The number of rotatable bonds is 0. The monoisotopic (exact) mass is 450 g/mol. The molecule has 0 amide bonds. The molecule has 0 atom stereocenters. The molecule has 0 aliphatic heterocycles. The van der Waals surface area contributed by atoms with E-state index in [0.29, 0.717) is 0 Å². The molecule has 0 aromatic rings. The molecule has 0 heterocycles. The zero-order valence-corrected chi connectivity index (χ0v) is 12.9. The van der Waals surface area contributed by atoms with Crippen LogP contribution in [0.3, 0.4) is 0 Å². The van der Waals surface area contributed by atoms with Crippen molar-refractivity contribution in [1.29, 1.82) is 0 Å². The zero-order chi connectivity index (χ0) is 0.